The molecule has 0 fully saturated rings. The van der Waals surface area contributed by atoms with Crippen molar-refractivity contribution in [1.29, 1.82) is 0 Å². The lowest BCUT2D eigenvalue weighted by Crippen LogP contribution is -2.31. The molecule has 1 N–H and O–H groups in total. The maximum atomic E-state index is 12.1. The van der Waals surface area contributed by atoms with Crippen LogP contribution in [-0.2, 0) is 4.79 Å². The Morgan fingerprint density at radius 1 is 1.22 bits per heavy atom. The maximum absolute atomic E-state index is 12.1. The Hall–Kier alpha value is -2.20. The van der Waals surface area contributed by atoms with Gasteiger partial charge >= 0.3 is 0 Å². The fourth-order valence-corrected chi connectivity index (χ4v) is 2.42. The van der Waals surface area contributed by atoms with Gasteiger partial charge in [-0.15, -0.1) is 0 Å². The highest BCUT2D eigenvalue weighted by Crippen LogP contribution is 2.26. The second-order valence-corrected chi connectivity index (χ2v) is 5.66. The molecule has 2 aromatic carbocycles. The van der Waals surface area contributed by atoms with Crippen LogP contribution in [0.25, 0.3) is 0 Å². The Balaban J connectivity index is 1.95. The minimum absolute atomic E-state index is 0.0946. The van der Waals surface area contributed by atoms with Crippen molar-refractivity contribution in [2.45, 2.75) is 19.9 Å². The van der Waals surface area contributed by atoms with Crippen molar-refractivity contribution >= 4 is 17.5 Å². The van der Waals surface area contributed by atoms with Crippen LogP contribution in [0.5, 0.6) is 11.5 Å². The van der Waals surface area contributed by atoms with E-state index in [0.717, 1.165) is 16.9 Å². The zero-order chi connectivity index (χ0) is 16.8. The summed E-state index contributed by atoms with van der Waals surface area (Å²) in [6.07, 6.45) is 0. The highest BCUT2D eigenvalue weighted by molar-refractivity contribution is 6.32. The second kappa shape index (κ2) is 7.88. The molecule has 0 heterocycles. The number of ether oxygens (including phenoxy) is 2. The summed E-state index contributed by atoms with van der Waals surface area (Å²) in [4.78, 5) is 12.1. The Labute approximate surface area is 141 Å². The van der Waals surface area contributed by atoms with Crippen molar-refractivity contribution in [3.05, 3.63) is 58.6 Å². The largest absolute Gasteiger partial charge is 0.496 e. The van der Waals surface area contributed by atoms with E-state index in [9.17, 15) is 4.79 Å². The van der Waals surface area contributed by atoms with E-state index in [1.54, 1.807) is 19.2 Å². The second-order valence-electron chi connectivity index (χ2n) is 5.25. The lowest BCUT2D eigenvalue weighted by atomic mass is 10.1. The van der Waals surface area contributed by atoms with Gasteiger partial charge in [0.1, 0.15) is 11.5 Å². The predicted octanol–water partition coefficient (Wildman–Crippen LogP) is 3.91. The Bertz CT molecular complexity index is 688. The van der Waals surface area contributed by atoms with E-state index in [-0.39, 0.29) is 18.6 Å². The molecular weight excluding hydrogens is 314 g/mol. The van der Waals surface area contributed by atoms with Crippen molar-refractivity contribution in [2.24, 2.45) is 0 Å². The van der Waals surface area contributed by atoms with Gasteiger partial charge in [-0.1, -0.05) is 35.9 Å². The van der Waals surface area contributed by atoms with Crippen molar-refractivity contribution in [3.8, 4) is 11.5 Å². The van der Waals surface area contributed by atoms with Gasteiger partial charge in [-0.25, -0.2) is 0 Å². The van der Waals surface area contributed by atoms with Crippen LogP contribution in [0.4, 0.5) is 0 Å². The number of carbonyl (C=O) groups is 1. The van der Waals surface area contributed by atoms with Gasteiger partial charge in [0.15, 0.2) is 6.61 Å². The molecule has 122 valence electrons. The van der Waals surface area contributed by atoms with Crippen LogP contribution < -0.4 is 14.8 Å². The van der Waals surface area contributed by atoms with Gasteiger partial charge in [-0.2, -0.15) is 0 Å². The molecule has 2 rings (SSSR count). The Morgan fingerprint density at radius 2 is 1.96 bits per heavy atom. The molecule has 1 amide bonds. The Morgan fingerprint density at radius 3 is 2.70 bits per heavy atom. The summed E-state index contributed by atoms with van der Waals surface area (Å²) in [6, 6.07) is 12.8. The van der Waals surface area contributed by atoms with Crippen LogP contribution in [-0.4, -0.2) is 19.6 Å². The van der Waals surface area contributed by atoms with Crippen molar-refractivity contribution in [3.63, 3.8) is 0 Å². The fraction of sp³-hybridized carbons (Fsp3) is 0.278. The van der Waals surface area contributed by atoms with Gasteiger partial charge < -0.3 is 14.8 Å². The molecule has 1 unspecified atom stereocenters. The molecule has 0 aromatic heterocycles. The van der Waals surface area contributed by atoms with Crippen LogP contribution in [0.2, 0.25) is 5.02 Å². The molecule has 1 atom stereocenters. The van der Waals surface area contributed by atoms with Crippen LogP contribution in [0.15, 0.2) is 42.5 Å². The quantitative estimate of drug-likeness (QED) is 0.871. The van der Waals surface area contributed by atoms with E-state index in [0.29, 0.717) is 10.8 Å². The van der Waals surface area contributed by atoms with Gasteiger partial charge in [0.2, 0.25) is 0 Å². The minimum Gasteiger partial charge on any atom is -0.496 e. The molecule has 0 aliphatic rings. The number of hydrogen-bond donors (Lipinski definition) is 1. The number of amides is 1. The molecule has 0 aliphatic heterocycles. The van der Waals surface area contributed by atoms with Crippen LogP contribution >= 0.6 is 11.6 Å². The number of aryl methyl sites for hydroxylation is 1. The maximum Gasteiger partial charge on any atom is 0.258 e. The van der Waals surface area contributed by atoms with E-state index in [2.05, 4.69) is 5.32 Å². The highest BCUT2D eigenvalue weighted by atomic mass is 35.5. The van der Waals surface area contributed by atoms with Crippen LogP contribution in [0.1, 0.15) is 24.1 Å². The molecule has 0 bridgehead atoms. The van der Waals surface area contributed by atoms with Crippen LogP contribution in [0.3, 0.4) is 0 Å². The van der Waals surface area contributed by atoms with Crippen LogP contribution in [0, 0.1) is 6.92 Å². The number of halogens is 1. The summed E-state index contributed by atoms with van der Waals surface area (Å²) >= 11 is 6.05. The number of methoxy groups -OCH3 is 1. The van der Waals surface area contributed by atoms with Gasteiger partial charge in [-0.3, -0.25) is 4.79 Å². The SMILES string of the molecule is COc1ccccc1C(C)NC(=O)COc1cc(C)ccc1Cl. The molecule has 0 aliphatic carbocycles. The summed E-state index contributed by atoms with van der Waals surface area (Å²) in [5.74, 6) is 1.02. The van der Waals surface area contributed by atoms with Crippen molar-refractivity contribution in [1.82, 2.24) is 5.32 Å². The summed E-state index contributed by atoms with van der Waals surface area (Å²) in [7, 11) is 1.61. The van der Waals surface area contributed by atoms with E-state index in [1.807, 2.05) is 44.2 Å². The highest BCUT2D eigenvalue weighted by Gasteiger charge is 2.14. The molecule has 2 aromatic rings. The zero-order valence-corrected chi connectivity index (χ0v) is 14.2. The summed E-state index contributed by atoms with van der Waals surface area (Å²) in [5, 5.41) is 3.38. The summed E-state index contributed by atoms with van der Waals surface area (Å²) in [5.41, 5.74) is 1.93. The third-order valence-electron chi connectivity index (χ3n) is 3.43. The number of nitrogens with one attached hydrogen (secondary N) is 1. The normalized spacial score (nSPS) is 11.7. The number of carbonyl (C=O) groups excluding carboxylic acids is 1. The lowest BCUT2D eigenvalue weighted by molar-refractivity contribution is -0.123. The van der Waals surface area contributed by atoms with Gasteiger partial charge in [0.05, 0.1) is 18.2 Å². The first-order valence-corrected chi connectivity index (χ1v) is 7.70. The number of benzene rings is 2. The molecule has 5 heteroatoms. The first-order chi connectivity index (χ1) is 11.0. The fourth-order valence-electron chi connectivity index (χ4n) is 2.25. The first-order valence-electron chi connectivity index (χ1n) is 7.32. The van der Waals surface area contributed by atoms with Gasteiger partial charge in [-0.05, 0) is 37.6 Å². The Kier molecular flexibility index (Phi) is 5.88. The number of hydrogen-bond acceptors (Lipinski definition) is 3. The topological polar surface area (TPSA) is 47.6 Å². The molecule has 0 saturated heterocycles. The number of rotatable bonds is 6. The third kappa shape index (κ3) is 4.63. The average molecular weight is 334 g/mol. The van der Waals surface area contributed by atoms with Crippen molar-refractivity contribution < 1.29 is 14.3 Å². The van der Waals surface area contributed by atoms with Gasteiger partial charge in [0.25, 0.3) is 5.91 Å². The van der Waals surface area contributed by atoms with E-state index in [1.165, 1.54) is 0 Å². The average Bonchev–Trinajstić information content (AvgIpc) is 2.55. The molecular formula is C18H20ClNO3. The minimum atomic E-state index is -0.221. The smallest absolute Gasteiger partial charge is 0.258 e. The number of para-hydroxylation sites is 1. The first kappa shape index (κ1) is 17.2. The van der Waals surface area contributed by atoms with E-state index < -0.39 is 0 Å². The molecule has 0 radical (unpaired) electrons. The molecule has 0 spiro atoms. The van der Waals surface area contributed by atoms with E-state index in [4.69, 9.17) is 21.1 Å². The van der Waals surface area contributed by atoms with Gasteiger partial charge in [0, 0.05) is 5.56 Å². The standard InChI is InChI=1S/C18H20ClNO3/c1-12-8-9-15(19)17(10-12)23-11-18(21)20-13(2)14-6-4-5-7-16(14)22-3/h4-10,13H,11H2,1-3H3,(H,20,21). The monoisotopic (exact) mass is 333 g/mol. The summed E-state index contributed by atoms with van der Waals surface area (Å²) in [6.45, 7) is 3.74. The van der Waals surface area contributed by atoms with Crippen molar-refractivity contribution in [2.75, 3.05) is 13.7 Å². The molecule has 4 nitrogen and oxygen atoms in total. The lowest BCUT2D eigenvalue weighted by Gasteiger charge is -2.17. The van der Waals surface area contributed by atoms with E-state index >= 15 is 0 Å². The zero-order valence-electron chi connectivity index (χ0n) is 13.4. The molecule has 0 saturated carbocycles. The summed E-state index contributed by atoms with van der Waals surface area (Å²) < 4.78 is 10.8. The predicted molar refractivity (Wildman–Crippen MR) is 91.2 cm³/mol. The molecule has 23 heavy (non-hydrogen) atoms. The third-order valence-corrected chi connectivity index (χ3v) is 3.74.